The highest BCUT2D eigenvalue weighted by molar-refractivity contribution is 9.10. The Kier molecular flexibility index (Phi) is 3.77. The van der Waals surface area contributed by atoms with Gasteiger partial charge in [-0.3, -0.25) is 0 Å². The molecule has 0 amide bonds. The SMILES string of the molecule is CCOC(=O)c1cc2c(C(F)(F)F)cc(Br)c(F)c2[nH]1. The highest BCUT2D eigenvalue weighted by atomic mass is 79.9. The minimum atomic E-state index is -4.66. The van der Waals surface area contributed by atoms with E-state index in [0.29, 0.717) is 6.07 Å². The number of halogens is 5. The average Bonchev–Trinajstić information content (AvgIpc) is 2.77. The van der Waals surface area contributed by atoms with Gasteiger partial charge in [0.2, 0.25) is 0 Å². The largest absolute Gasteiger partial charge is 0.461 e. The first-order valence-corrected chi connectivity index (χ1v) is 6.30. The highest BCUT2D eigenvalue weighted by Crippen LogP contribution is 2.38. The topological polar surface area (TPSA) is 42.1 Å². The second-order valence-electron chi connectivity index (χ2n) is 3.91. The minimum absolute atomic E-state index is 0.0620. The van der Waals surface area contributed by atoms with Gasteiger partial charge in [0.15, 0.2) is 5.82 Å². The molecular formula is C12H8BrF4NO2. The zero-order chi connectivity index (χ0) is 15.1. The summed E-state index contributed by atoms with van der Waals surface area (Å²) in [5, 5.41) is -0.416. The molecule has 1 N–H and O–H groups in total. The summed E-state index contributed by atoms with van der Waals surface area (Å²) in [5.41, 5.74) is -1.66. The number of alkyl halides is 3. The van der Waals surface area contributed by atoms with Crippen molar-refractivity contribution in [1.29, 1.82) is 0 Å². The summed E-state index contributed by atoms with van der Waals surface area (Å²) in [5.74, 6) is -1.74. The second-order valence-corrected chi connectivity index (χ2v) is 4.76. The molecule has 0 bridgehead atoms. The normalized spacial score (nSPS) is 11.9. The molecular weight excluding hydrogens is 346 g/mol. The van der Waals surface area contributed by atoms with Crippen LogP contribution in [0.4, 0.5) is 17.6 Å². The number of H-pyrrole nitrogens is 1. The number of carbonyl (C=O) groups excluding carboxylic acids is 1. The van der Waals surface area contributed by atoms with E-state index in [4.69, 9.17) is 0 Å². The third kappa shape index (κ3) is 2.52. The van der Waals surface area contributed by atoms with Crippen molar-refractivity contribution >= 4 is 32.8 Å². The lowest BCUT2D eigenvalue weighted by Gasteiger charge is -2.09. The Morgan fingerprint density at radius 1 is 1.40 bits per heavy atom. The number of ether oxygens (including phenoxy) is 1. The Bertz CT molecular complexity index is 678. The Balaban J connectivity index is 2.71. The number of fused-ring (bicyclic) bond motifs is 1. The summed E-state index contributed by atoms with van der Waals surface area (Å²) in [4.78, 5) is 13.8. The van der Waals surface area contributed by atoms with Gasteiger partial charge in [-0.25, -0.2) is 9.18 Å². The average molecular weight is 354 g/mol. The van der Waals surface area contributed by atoms with Crippen LogP contribution in [0.2, 0.25) is 0 Å². The lowest BCUT2D eigenvalue weighted by atomic mass is 10.1. The number of esters is 1. The smallest absolute Gasteiger partial charge is 0.417 e. The predicted octanol–water partition coefficient (Wildman–Crippen LogP) is 4.27. The minimum Gasteiger partial charge on any atom is -0.461 e. The van der Waals surface area contributed by atoms with E-state index in [0.717, 1.165) is 6.07 Å². The number of hydrogen-bond donors (Lipinski definition) is 1. The molecule has 0 unspecified atom stereocenters. The van der Waals surface area contributed by atoms with Crippen LogP contribution in [0, 0.1) is 5.82 Å². The van der Waals surface area contributed by atoms with Crippen LogP contribution < -0.4 is 0 Å². The van der Waals surface area contributed by atoms with Gasteiger partial charge in [-0.15, -0.1) is 0 Å². The number of aromatic amines is 1. The fourth-order valence-electron chi connectivity index (χ4n) is 1.78. The summed E-state index contributed by atoms with van der Waals surface area (Å²) < 4.78 is 56.9. The first-order valence-electron chi connectivity index (χ1n) is 5.50. The molecule has 0 aliphatic heterocycles. The molecule has 2 aromatic rings. The Morgan fingerprint density at radius 2 is 2.05 bits per heavy atom. The van der Waals surface area contributed by atoms with E-state index in [-0.39, 0.29) is 16.8 Å². The molecule has 0 aliphatic carbocycles. The molecule has 2 rings (SSSR count). The third-order valence-electron chi connectivity index (χ3n) is 2.61. The van der Waals surface area contributed by atoms with E-state index in [1.807, 2.05) is 0 Å². The molecule has 0 radical (unpaired) electrons. The second kappa shape index (κ2) is 5.08. The van der Waals surface area contributed by atoms with Crippen LogP contribution in [0.25, 0.3) is 10.9 Å². The van der Waals surface area contributed by atoms with E-state index in [9.17, 15) is 22.4 Å². The van der Waals surface area contributed by atoms with Crippen LogP contribution in [-0.2, 0) is 10.9 Å². The van der Waals surface area contributed by atoms with Crippen LogP contribution in [0.1, 0.15) is 23.0 Å². The molecule has 0 atom stereocenters. The fourth-order valence-corrected chi connectivity index (χ4v) is 2.21. The first kappa shape index (κ1) is 14.8. The summed E-state index contributed by atoms with van der Waals surface area (Å²) >= 11 is 2.73. The summed E-state index contributed by atoms with van der Waals surface area (Å²) in [6.07, 6.45) is -4.66. The van der Waals surface area contributed by atoms with Crippen LogP contribution in [0.15, 0.2) is 16.6 Å². The summed E-state index contributed by atoms with van der Waals surface area (Å²) in [7, 11) is 0. The zero-order valence-electron chi connectivity index (χ0n) is 10.1. The van der Waals surface area contributed by atoms with Crippen LogP contribution in [-0.4, -0.2) is 17.6 Å². The third-order valence-corrected chi connectivity index (χ3v) is 3.19. The molecule has 1 aromatic heterocycles. The molecule has 0 saturated carbocycles. The Labute approximate surface area is 119 Å². The Morgan fingerprint density at radius 3 is 2.60 bits per heavy atom. The van der Waals surface area contributed by atoms with E-state index in [2.05, 4.69) is 25.7 Å². The van der Waals surface area contributed by atoms with Gasteiger partial charge in [-0.05, 0) is 35.0 Å². The van der Waals surface area contributed by atoms with Crippen molar-refractivity contribution in [3.8, 4) is 0 Å². The lowest BCUT2D eigenvalue weighted by molar-refractivity contribution is -0.136. The van der Waals surface area contributed by atoms with Crippen molar-refractivity contribution < 1.29 is 27.1 Å². The Hall–Kier alpha value is -1.57. The molecule has 0 spiro atoms. The van der Waals surface area contributed by atoms with Crippen molar-refractivity contribution in [2.24, 2.45) is 0 Å². The number of rotatable bonds is 2. The number of benzene rings is 1. The van der Waals surface area contributed by atoms with Crippen LogP contribution in [0.5, 0.6) is 0 Å². The fraction of sp³-hybridized carbons (Fsp3) is 0.250. The van der Waals surface area contributed by atoms with Crippen LogP contribution in [0.3, 0.4) is 0 Å². The van der Waals surface area contributed by atoms with Gasteiger partial charge in [0, 0.05) is 5.39 Å². The van der Waals surface area contributed by atoms with Gasteiger partial charge in [-0.1, -0.05) is 0 Å². The number of hydrogen-bond acceptors (Lipinski definition) is 2. The molecule has 0 fully saturated rings. The molecule has 1 aromatic carbocycles. The quantitative estimate of drug-likeness (QED) is 0.647. The standard InChI is InChI=1S/C12H8BrF4NO2/c1-2-20-11(19)8-3-5-6(12(15,16)17)4-7(13)9(14)10(5)18-8/h3-4,18H,2H2,1H3. The monoisotopic (exact) mass is 353 g/mol. The molecule has 108 valence electrons. The maximum absolute atomic E-state index is 13.8. The highest BCUT2D eigenvalue weighted by Gasteiger charge is 2.35. The van der Waals surface area contributed by atoms with Crippen molar-refractivity contribution in [1.82, 2.24) is 4.98 Å². The van der Waals surface area contributed by atoms with Crippen molar-refractivity contribution in [3.05, 3.63) is 33.7 Å². The predicted molar refractivity (Wildman–Crippen MR) is 66.9 cm³/mol. The van der Waals surface area contributed by atoms with Gasteiger partial charge in [-0.2, -0.15) is 13.2 Å². The van der Waals surface area contributed by atoms with E-state index in [1.165, 1.54) is 0 Å². The lowest BCUT2D eigenvalue weighted by Crippen LogP contribution is -2.06. The zero-order valence-corrected chi connectivity index (χ0v) is 11.7. The van der Waals surface area contributed by atoms with Crippen LogP contribution >= 0.6 is 15.9 Å². The van der Waals surface area contributed by atoms with E-state index < -0.39 is 34.4 Å². The maximum atomic E-state index is 13.8. The molecule has 3 nitrogen and oxygen atoms in total. The molecule has 1 heterocycles. The number of nitrogens with one attached hydrogen (secondary N) is 1. The maximum Gasteiger partial charge on any atom is 0.417 e. The number of aromatic nitrogens is 1. The number of carbonyl (C=O) groups is 1. The van der Waals surface area contributed by atoms with Gasteiger partial charge < -0.3 is 9.72 Å². The molecule has 20 heavy (non-hydrogen) atoms. The van der Waals surface area contributed by atoms with Gasteiger partial charge >= 0.3 is 12.1 Å². The van der Waals surface area contributed by atoms with Gasteiger partial charge in [0.25, 0.3) is 0 Å². The van der Waals surface area contributed by atoms with Crippen molar-refractivity contribution in [3.63, 3.8) is 0 Å². The summed E-state index contributed by atoms with van der Waals surface area (Å²) in [6, 6.07) is 1.58. The molecule has 0 saturated heterocycles. The molecule has 8 heteroatoms. The van der Waals surface area contributed by atoms with Gasteiger partial charge in [0.1, 0.15) is 5.69 Å². The molecule has 0 aliphatic rings. The van der Waals surface area contributed by atoms with Crippen molar-refractivity contribution in [2.45, 2.75) is 13.1 Å². The van der Waals surface area contributed by atoms with Crippen molar-refractivity contribution in [2.75, 3.05) is 6.61 Å². The first-order chi connectivity index (χ1) is 9.25. The van der Waals surface area contributed by atoms with E-state index in [1.54, 1.807) is 6.92 Å². The van der Waals surface area contributed by atoms with Gasteiger partial charge in [0.05, 0.1) is 22.2 Å². The summed E-state index contributed by atoms with van der Waals surface area (Å²) in [6.45, 7) is 1.62. The van der Waals surface area contributed by atoms with E-state index >= 15 is 0 Å².